The zero-order chi connectivity index (χ0) is 37.5. The summed E-state index contributed by atoms with van der Waals surface area (Å²) in [5, 5.41) is 3.78. The van der Waals surface area contributed by atoms with Crippen molar-refractivity contribution in [3.8, 4) is 33.8 Å². The molecular weight excluding hydrogens is 695 g/mol. The van der Waals surface area contributed by atoms with E-state index >= 15 is 0 Å². The molecule has 0 bridgehead atoms. The third-order valence-corrected chi connectivity index (χ3v) is 12.2. The Kier molecular flexibility index (Phi) is 6.90. The molecule has 10 aromatic rings. The van der Waals surface area contributed by atoms with Crippen molar-refractivity contribution in [3.63, 3.8) is 0 Å². The second kappa shape index (κ2) is 12.3. The van der Waals surface area contributed by atoms with Crippen LogP contribution in [0.15, 0.2) is 182 Å². The minimum absolute atomic E-state index is 0.690. The number of aromatic nitrogens is 5. The molecule has 0 aliphatic heterocycles. The molecule has 12 rings (SSSR count). The summed E-state index contributed by atoms with van der Waals surface area (Å²) in [6.07, 6.45) is 12.3. The summed E-state index contributed by atoms with van der Waals surface area (Å²) in [5.74, 6) is 0. The molecule has 0 amide bonds. The van der Waals surface area contributed by atoms with Crippen molar-refractivity contribution in [3.05, 3.63) is 216 Å². The first-order chi connectivity index (χ1) is 28.3. The summed E-state index contributed by atoms with van der Waals surface area (Å²) < 4.78 is 4.86. The normalized spacial score (nSPS) is 13.9. The summed E-state index contributed by atoms with van der Waals surface area (Å²) in [6.45, 7) is 0. The first kappa shape index (κ1) is 31.9. The number of para-hydroxylation sites is 2. The highest BCUT2D eigenvalue weighted by Crippen LogP contribution is 2.55. The Bertz CT molecular complexity index is 3190. The van der Waals surface area contributed by atoms with E-state index in [4.69, 9.17) is 15.0 Å². The average Bonchev–Trinajstić information content (AvgIpc) is 3.91. The molecule has 5 heteroatoms. The Morgan fingerprint density at radius 3 is 1.93 bits per heavy atom. The van der Waals surface area contributed by atoms with E-state index in [1.54, 1.807) is 0 Å². The quantitative estimate of drug-likeness (QED) is 0.177. The van der Waals surface area contributed by atoms with Gasteiger partial charge in [0.25, 0.3) is 0 Å². The van der Waals surface area contributed by atoms with Crippen molar-refractivity contribution in [2.45, 2.75) is 18.3 Å². The van der Waals surface area contributed by atoms with E-state index < -0.39 is 5.41 Å². The molecule has 0 radical (unpaired) electrons. The molecule has 0 unspecified atom stereocenters. The molecule has 0 atom stereocenters. The van der Waals surface area contributed by atoms with Gasteiger partial charge in [-0.15, -0.1) is 0 Å². The highest BCUT2D eigenvalue weighted by Gasteiger charge is 2.49. The maximum absolute atomic E-state index is 5.05. The average molecular weight is 730 g/mol. The van der Waals surface area contributed by atoms with E-state index in [1.807, 2.05) is 36.8 Å². The zero-order valence-electron chi connectivity index (χ0n) is 31.0. The third kappa shape index (κ3) is 4.54. The van der Waals surface area contributed by atoms with E-state index in [1.165, 1.54) is 60.8 Å². The summed E-state index contributed by atoms with van der Waals surface area (Å²) in [5.41, 5.74) is 16.5. The van der Waals surface area contributed by atoms with Gasteiger partial charge in [0.2, 0.25) is 0 Å². The topological polar surface area (TPSA) is 48.5 Å². The number of allylic oxidation sites excluding steroid dienone is 1. The molecule has 5 heterocycles. The number of benzene rings is 5. The van der Waals surface area contributed by atoms with Crippen molar-refractivity contribution >= 4 is 38.8 Å². The standard InChI is InChI=1S/C52H35N5/c1-2-13-36(14-3-1)56-45-18-6-4-15-38(45)40-31-34(22-26-47(40)56)35-23-27-48-41(32-35)39-16-5-7-19-46(39)57(48)37-24-25-43-42(33-37)51-44(17-12-30-55-51)52(43,49-20-8-10-28-53-49)50-21-9-11-29-54-50/h1-6,8-18,20-33H,7,19H2. The van der Waals surface area contributed by atoms with Crippen LogP contribution in [0.25, 0.3) is 72.5 Å². The van der Waals surface area contributed by atoms with E-state index in [9.17, 15) is 0 Å². The highest BCUT2D eigenvalue weighted by molar-refractivity contribution is 6.10. The SMILES string of the molecule is C1=Cc2c(n(-c3ccc4c(c3)-c3ncccc3C4(c3ccccn3)c3ccccn3)c3ccc(-c4ccc5c(c4)c4ccccc4n5-c4ccccc4)cc23)CC1. The van der Waals surface area contributed by atoms with Crippen molar-refractivity contribution in [1.29, 1.82) is 0 Å². The minimum Gasteiger partial charge on any atom is -0.313 e. The molecule has 268 valence electrons. The smallest absolute Gasteiger partial charge is 0.107 e. The molecule has 0 fully saturated rings. The lowest BCUT2D eigenvalue weighted by molar-refractivity contribution is 0.704. The van der Waals surface area contributed by atoms with Crippen LogP contribution in [0.5, 0.6) is 0 Å². The van der Waals surface area contributed by atoms with Gasteiger partial charge in [-0.25, -0.2) is 0 Å². The minimum atomic E-state index is -0.690. The van der Waals surface area contributed by atoms with E-state index in [0.29, 0.717) is 0 Å². The van der Waals surface area contributed by atoms with Crippen molar-refractivity contribution in [1.82, 2.24) is 24.1 Å². The van der Waals surface area contributed by atoms with Gasteiger partial charge in [-0.2, -0.15) is 0 Å². The first-order valence-electron chi connectivity index (χ1n) is 19.7. The van der Waals surface area contributed by atoms with Crippen molar-refractivity contribution in [2.75, 3.05) is 0 Å². The van der Waals surface area contributed by atoms with Crippen LogP contribution < -0.4 is 0 Å². The van der Waals surface area contributed by atoms with Crippen LogP contribution in [0.1, 0.15) is 40.2 Å². The Balaban J connectivity index is 1.04. The number of hydrogen-bond acceptors (Lipinski definition) is 3. The molecule has 0 N–H and O–H groups in total. The van der Waals surface area contributed by atoms with E-state index in [0.717, 1.165) is 52.3 Å². The first-order valence-corrected chi connectivity index (χ1v) is 19.7. The number of nitrogens with zero attached hydrogens (tertiary/aromatic N) is 5. The lowest BCUT2D eigenvalue weighted by atomic mass is 9.72. The molecular formula is C52H35N5. The fourth-order valence-corrected chi connectivity index (χ4v) is 9.82. The van der Waals surface area contributed by atoms with E-state index in [2.05, 4.69) is 161 Å². The van der Waals surface area contributed by atoms with Crippen LogP contribution in [-0.2, 0) is 11.8 Å². The largest absolute Gasteiger partial charge is 0.313 e. The van der Waals surface area contributed by atoms with Crippen molar-refractivity contribution in [2.24, 2.45) is 0 Å². The highest BCUT2D eigenvalue weighted by atomic mass is 15.0. The maximum atomic E-state index is 5.05. The summed E-state index contributed by atoms with van der Waals surface area (Å²) in [6, 6.07) is 56.8. The van der Waals surface area contributed by atoms with Gasteiger partial charge in [0.05, 0.1) is 33.6 Å². The molecule has 0 saturated carbocycles. The number of rotatable bonds is 5. The Hall–Kier alpha value is -7.37. The van der Waals surface area contributed by atoms with Gasteiger partial charge in [0.15, 0.2) is 0 Å². The van der Waals surface area contributed by atoms with E-state index in [-0.39, 0.29) is 0 Å². The molecule has 2 aliphatic rings. The molecule has 57 heavy (non-hydrogen) atoms. The van der Waals surface area contributed by atoms with Gasteiger partial charge in [-0.1, -0.05) is 84.9 Å². The van der Waals surface area contributed by atoms with Gasteiger partial charge in [0, 0.05) is 68.5 Å². The predicted molar refractivity (Wildman–Crippen MR) is 231 cm³/mol. The molecule has 0 spiro atoms. The maximum Gasteiger partial charge on any atom is 0.107 e. The van der Waals surface area contributed by atoms with Crippen LogP contribution in [-0.4, -0.2) is 24.1 Å². The Morgan fingerprint density at radius 1 is 0.474 bits per heavy atom. The van der Waals surface area contributed by atoms with Gasteiger partial charge in [-0.3, -0.25) is 15.0 Å². The van der Waals surface area contributed by atoms with Gasteiger partial charge >= 0.3 is 0 Å². The second-order valence-electron chi connectivity index (χ2n) is 15.1. The van der Waals surface area contributed by atoms with Gasteiger partial charge < -0.3 is 9.13 Å². The summed E-state index contributed by atoms with van der Waals surface area (Å²) in [7, 11) is 0. The lowest BCUT2D eigenvalue weighted by Crippen LogP contribution is -2.30. The zero-order valence-corrected chi connectivity index (χ0v) is 31.0. The molecule has 5 aromatic carbocycles. The number of fused-ring (bicyclic) bond motifs is 9. The summed E-state index contributed by atoms with van der Waals surface area (Å²) >= 11 is 0. The van der Waals surface area contributed by atoms with Gasteiger partial charge in [-0.05, 0) is 114 Å². The van der Waals surface area contributed by atoms with Crippen LogP contribution in [0.3, 0.4) is 0 Å². The molecule has 5 aromatic heterocycles. The van der Waals surface area contributed by atoms with Crippen LogP contribution in [0.4, 0.5) is 0 Å². The fraction of sp³-hybridized carbons (Fsp3) is 0.0577. The van der Waals surface area contributed by atoms with Crippen LogP contribution in [0.2, 0.25) is 0 Å². The second-order valence-corrected chi connectivity index (χ2v) is 15.1. The lowest BCUT2D eigenvalue weighted by Gasteiger charge is -2.31. The molecule has 2 aliphatic carbocycles. The number of hydrogen-bond donors (Lipinski definition) is 0. The molecule has 0 saturated heterocycles. The third-order valence-electron chi connectivity index (χ3n) is 12.2. The van der Waals surface area contributed by atoms with Crippen LogP contribution in [0, 0.1) is 0 Å². The predicted octanol–water partition coefficient (Wildman–Crippen LogP) is 11.9. The fourth-order valence-electron chi connectivity index (χ4n) is 9.82. The van der Waals surface area contributed by atoms with Gasteiger partial charge in [0.1, 0.15) is 5.41 Å². The molecule has 5 nitrogen and oxygen atoms in total. The summed E-state index contributed by atoms with van der Waals surface area (Å²) in [4.78, 5) is 15.0. The van der Waals surface area contributed by atoms with Crippen molar-refractivity contribution < 1.29 is 0 Å². The Labute approximate surface area is 329 Å². The number of pyridine rings is 3. The monoisotopic (exact) mass is 729 g/mol. The Morgan fingerprint density at radius 2 is 1.16 bits per heavy atom. The van der Waals surface area contributed by atoms with Crippen LogP contribution >= 0.6 is 0 Å².